The maximum Gasteiger partial charge on any atom is 0.347 e. The van der Waals surface area contributed by atoms with Crippen LogP contribution in [0.5, 0.6) is 11.5 Å². The molecule has 150 valence electrons. The minimum atomic E-state index is -0.579. The maximum atomic E-state index is 12.7. The molecule has 0 spiro atoms. The average molecular weight is 451 g/mol. The van der Waals surface area contributed by atoms with Crippen LogP contribution < -0.4 is 9.47 Å². The number of methoxy groups -OCH3 is 1. The second-order valence-corrected chi connectivity index (χ2v) is 7.31. The van der Waals surface area contributed by atoms with Gasteiger partial charge in [0, 0.05) is 11.6 Å². The van der Waals surface area contributed by atoms with Gasteiger partial charge in [-0.25, -0.2) is 9.59 Å². The highest BCUT2D eigenvalue weighted by atomic mass is 79.9. The van der Waals surface area contributed by atoms with Gasteiger partial charge in [0.05, 0.1) is 18.8 Å². The summed E-state index contributed by atoms with van der Waals surface area (Å²) in [6, 6.07) is 11.4. The summed E-state index contributed by atoms with van der Waals surface area (Å²) < 4.78 is 21.8. The molecule has 7 heteroatoms. The van der Waals surface area contributed by atoms with Gasteiger partial charge in [0.25, 0.3) is 0 Å². The molecule has 0 radical (unpaired) electrons. The van der Waals surface area contributed by atoms with Crippen molar-refractivity contribution in [3.05, 3.63) is 58.1 Å². The summed E-state index contributed by atoms with van der Waals surface area (Å²) in [6.45, 7) is 4.98. The lowest BCUT2D eigenvalue weighted by Crippen LogP contribution is -2.14. The average Bonchev–Trinajstić information content (AvgIpc) is 2.67. The van der Waals surface area contributed by atoms with Crippen LogP contribution in [0.25, 0.3) is 0 Å². The third kappa shape index (κ3) is 6.65. The van der Waals surface area contributed by atoms with Gasteiger partial charge in [-0.2, -0.15) is 0 Å². The van der Waals surface area contributed by atoms with E-state index in [0.29, 0.717) is 30.4 Å². The fourth-order valence-electron chi connectivity index (χ4n) is 2.19. The predicted molar refractivity (Wildman–Crippen MR) is 108 cm³/mol. The van der Waals surface area contributed by atoms with E-state index in [1.807, 2.05) is 13.8 Å². The topological polar surface area (TPSA) is 71.1 Å². The quantitative estimate of drug-likeness (QED) is 0.318. The fraction of sp³-hybridized carbons (Fsp3) is 0.333. The van der Waals surface area contributed by atoms with Gasteiger partial charge < -0.3 is 18.9 Å². The van der Waals surface area contributed by atoms with Crippen molar-refractivity contribution < 1.29 is 28.5 Å². The minimum absolute atomic E-state index is 0.147. The van der Waals surface area contributed by atoms with E-state index < -0.39 is 11.9 Å². The summed E-state index contributed by atoms with van der Waals surface area (Å²) >= 11 is 3.36. The first-order valence-corrected chi connectivity index (χ1v) is 9.60. The van der Waals surface area contributed by atoms with Crippen LogP contribution in [0.15, 0.2) is 46.9 Å². The van der Waals surface area contributed by atoms with Crippen LogP contribution in [0.4, 0.5) is 0 Å². The second-order valence-electron chi connectivity index (χ2n) is 6.39. The highest BCUT2D eigenvalue weighted by Crippen LogP contribution is 2.26. The Kier molecular flexibility index (Phi) is 8.47. The zero-order valence-corrected chi connectivity index (χ0v) is 17.7. The molecule has 0 aromatic heterocycles. The molecule has 28 heavy (non-hydrogen) atoms. The van der Waals surface area contributed by atoms with Crippen molar-refractivity contribution in [1.82, 2.24) is 0 Å². The summed E-state index contributed by atoms with van der Waals surface area (Å²) in [7, 11) is 1.52. The lowest BCUT2D eigenvalue weighted by atomic mass is 10.2. The molecule has 0 unspecified atom stereocenters. The Bertz CT molecular complexity index is 818. The van der Waals surface area contributed by atoms with Crippen molar-refractivity contribution in [3.8, 4) is 11.5 Å². The normalized spacial score (nSPS) is 10.6. The third-order valence-electron chi connectivity index (χ3n) is 3.53. The number of hydrogen-bond donors (Lipinski definition) is 0. The summed E-state index contributed by atoms with van der Waals surface area (Å²) in [6.07, 6.45) is 0. The van der Waals surface area contributed by atoms with Gasteiger partial charge in [-0.1, -0.05) is 35.8 Å². The van der Waals surface area contributed by atoms with Crippen LogP contribution in [0.2, 0.25) is 0 Å². The Morgan fingerprint density at radius 2 is 1.82 bits per heavy atom. The highest BCUT2D eigenvalue weighted by Gasteiger charge is 2.17. The Morgan fingerprint density at radius 3 is 2.54 bits per heavy atom. The fourth-order valence-corrected chi connectivity index (χ4v) is 2.55. The van der Waals surface area contributed by atoms with Crippen LogP contribution in [0.3, 0.4) is 0 Å². The number of carbonyl (C=O) groups excluding carboxylic acids is 2. The molecule has 0 aliphatic heterocycles. The van der Waals surface area contributed by atoms with Gasteiger partial charge in [-0.15, -0.1) is 0 Å². The molecule has 2 aromatic rings. The molecule has 0 atom stereocenters. The third-order valence-corrected chi connectivity index (χ3v) is 4.03. The summed E-state index contributed by atoms with van der Waals surface area (Å²) in [5.74, 6) is -0.102. The standard InChI is InChI=1S/C21H23BrO6/c1-14(2)13-27-19-8-7-16(22)12-18(19)21(24)28-17-6-4-5-15(11-17)20(23)26-10-9-25-3/h4-8,11-12,14H,9-10,13H2,1-3H3. The Labute approximate surface area is 172 Å². The molecule has 0 aliphatic rings. The zero-order chi connectivity index (χ0) is 20.5. The van der Waals surface area contributed by atoms with Crippen LogP contribution in [-0.2, 0) is 9.47 Å². The van der Waals surface area contributed by atoms with Crippen molar-refractivity contribution in [3.63, 3.8) is 0 Å². The molecule has 0 aliphatic carbocycles. The van der Waals surface area contributed by atoms with E-state index in [1.54, 1.807) is 36.4 Å². The van der Waals surface area contributed by atoms with E-state index in [9.17, 15) is 9.59 Å². The predicted octanol–water partition coefficient (Wildman–Crippen LogP) is 4.51. The molecule has 0 bridgehead atoms. The van der Waals surface area contributed by atoms with Crippen LogP contribution >= 0.6 is 15.9 Å². The lowest BCUT2D eigenvalue weighted by molar-refractivity contribution is 0.0387. The largest absolute Gasteiger partial charge is 0.492 e. The van der Waals surface area contributed by atoms with Gasteiger partial charge in [-0.3, -0.25) is 0 Å². The number of benzene rings is 2. The molecule has 0 saturated heterocycles. The van der Waals surface area contributed by atoms with Crippen molar-refractivity contribution in [1.29, 1.82) is 0 Å². The van der Waals surface area contributed by atoms with Gasteiger partial charge in [0.1, 0.15) is 23.7 Å². The molecule has 2 rings (SSSR count). The van der Waals surface area contributed by atoms with Gasteiger partial charge >= 0.3 is 11.9 Å². The van der Waals surface area contributed by atoms with Crippen LogP contribution in [0, 0.1) is 5.92 Å². The van der Waals surface area contributed by atoms with Gasteiger partial charge in [0.2, 0.25) is 0 Å². The second kappa shape index (κ2) is 10.8. The van der Waals surface area contributed by atoms with Crippen molar-refractivity contribution in [2.24, 2.45) is 5.92 Å². The number of rotatable bonds is 9. The molecular weight excluding hydrogens is 428 g/mol. The summed E-state index contributed by atoms with van der Waals surface area (Å²) in [5, 5.41) is 0. The van der Waals surface area contributed by atoms with Crippen molar-refractivity contribution >= 4 is 27.9 Å². The monoisotopic (exact) mass is 450 g/mol. The molecule has 6 nitrogen and oxygen atoms in total. The van der Waals surface area contributed by atoms with Crippen molar-refractivity contribution in [2.75, 3.05) is 26.9 Å². The molecule has 0 heterocycles. The Morgan fingerprint density at radius 1 is 1.04 bits per heavy atom. The zero-order valence-electron chi connectivity index (χ0n) is 16.1. The number of esters is 2. The van der Waals surface area contributed by atoms with E-state index in [-0.39, 0.29) is 17.9 Å². The van der Waals surface area contributed by atoms with Gasteiger partial charge in [-0.05, 0) is 42.3 Å². The van der Waals surface area contributed by atoms with E-state index >= 15 is 0 Å². The first kappa shape index (κ1) is 21.9. The SMILES string of the molecule is COCCOC(=O)c1cccc(OC(=O)c2cc(Br)ccc2OCC(C)C)c1. The van der Waals surface area contributed by atoms with E-state index in [2.05, 4.69) is 15.9 Å². The first-order chi connectivity index (χ1) is 13.4. The highest BCUT2D eigenvalue weighted by molar-refractivity contribution is 9.10. The number of hydrogen-bond acceptors (Lipinski definition) is 6. The number of ether oxygens (including phenoxy) is 4. The number of carbonyl (C=O) groups is 2. The first-order valence-electron chi connectivity index (χ1n) is 8.81. The Hall–Kier alpha value is -2.38. The van der Waals surface area contributed by atoms with Crippen LogP contribution in [-0.4, -0.2) is 38.9 Å². The minimum Gasteiger partial charge on any atom is -0.492 e. The van der Waals surface area contributed by atoms with Crippen molar-refractivity contribution in [2.45, 2.75) is 13.8 Å². The molecule has 0 amide bonds. The smallest absolute Gasteiger partial charge is 0.347 e. The van der Waals surface area contributed by atoms with E-state index in [0.717, 1.165) is 4.47 Å². The Balaban J connectivity index is 2.13. The van der Waals surface area contributed by atoms with E-state index in [4.69, 9.17) is 18.9 Å². The van der Waals surface area contributed by atoms with Crippen LogP contribution in [0.1, 0.15) is 34.6 Å². The lowest BCUT2D eigenvalue weighted by Gasteiger charge is -2.13. The maximum absolute atomic E-state index is 12.7. The number of halogens is 1. The van der Waals surface area contributed by atoms with E-state index in [1.165, 1.54) is 13.2 Å². The molecule has 0 fully saturated rings. The summed E-state index contributed by atoms with van der Waals surface area (Å²) in [4.78, 5) is 24.7. The molecular formula is C21H23BrO6. The molecule has 0 N–H and O–H groups in total. The molecule has 2 aromatic carbocycles. The molecule has 0 saturated carbocycles. The van der Waals surface area contributed by atoms with Gasteiger partial charge in [0.15, 0.2) is 0 Å². The summed E-state index contributed by atoms with van der Waals surface area (Å²) in [5.41, 5.74) is 0.579.